The van der Waals surface area contributed by atoms with Crippen LogP contribution in [0.25, 0.3) is 11.0 Å². The summed E-state index contributed by atoms with van der Waals surface area (Å²) in [4.78, 5) is 11.7. The molecule has 0 bridgehead atoms. The number of furan rings is 1. The summed E-state index contributed by atoms with van der Waals surface area (Å²) in [6.07, 6.45) is 6.01. The van der Waals surface area contributed by atoms with E-state index in [0.29, 0.717) is 11.6 Å². The number of carbonyl (C=O) groups excluding carboxylic acids is 1. The van der Waals surface area contributed by atoms with Crippen LogP contribution >= 0.6 is 11.6 Å². The molecule has 4 nitrogen and oxygen atoms in total. The van der Waals surface area contributed by atoms with Crippen molar-refractivity contribution in [1.29, 1.82) is 0 Å². The van der Waals surface area contributed by atoms with Gasteiger partial charge in [0, 0.05) is 29.5 Å². The van der Waals surface area contributed by atoms with E-state index >= 15 is 0 Å². The minimum absolute atomic E-state index is 0.0673. The Hall–Kier alpha value is -1.94. The number of hydrogen-bond donors (Lipinski definition) is 1. The van der Waals surface area contributed by atoms with Crippen LogP contribution in [-0.4, -0.2) is 19.1 Å². The number of esters is 1. The number of nitrogens with one attached hydrogen (secondary N) is 1. The highest BCUT2D eigenvalue weighted by Gasteiger charge is 2.27. The summed E-state index contributed by atoms with van der Waals surface area (Å²) in [5.41, 5.74) is 2.76. The average Bonchev–Trinajstić information content (AvgIpc) is 2.90. The first-order valence-corrected chi connectivity index (χ1v) is 8.28. The van der Waals surface area contributed by atoms with Gasteiger partial charge in [-0.2, -0.15) is 0 Å². The number of ether oxygens (including phenoxy) is 1. The molecule has 0 fully saturated rings. The molecule has 0 amide bonds. The molecule has 1 N–H and O–H groups in total. The van der Waals surface area contributed by atoms with Crippen LogP contribution in [0.4, 0.5) is 5.69 Å². The van der Waals surface area contributed by atoms with Crippen molar-refractivity contribution < 1.29 is 13.9 Å². The highest BCUT2D eigenvalue weighted by molar-refractivity contribution is 6.35. The van der Waals surface area contributed by atoms with Crippen molar-refractivity contribution in [1.82, 2.24) is 0 Å². The standard InChI is InChI=1S/C18H20ClNO3/c1-3-8-22-16(21)7-4-12-11(2)9-20-18-14(19)5-6-15-17(18)13(12)10-23-15/h4-7,10-12,20H,3,8-9H2,1-2H3. The van der Waals surface area contributed by atoms with Crippen molar-refractivity contribution >= 4 is 34.2 Å². The Morgan fingerprint density at radius 2 is 2.35 bits per heavy atom. The molecule has 2 aromatic rings. The van der Waals surface area contributed by atoms with Gasteiger partial charge in [0.05, 0.1) is 23.6 Å². The van der Waals surface area contributed by atoms with Crippen molar-refractivity contribution in [2.24, 2.45) is 5.92 Å². The van der Waals surface area contributed by atoms with Gasteiger partial charge in [0.1, 0.15) is 5.58 Å². The second-order valence-corrected chi connectivity index (χ2v) is 6.30. The lowest BCUT2D eigenvalue weighted by molar-refractivity contribution is -0.137. The maximum Gasteiger partial charge on any atom is 0.330 e. The van der Waals surface area contributed by atoms with Crippen molar-refractivity contribution in [2.75, 3.05) is 18.5 Å². The van der Waals surface area contributed by atoms with E-state index in [1.807, 2.05) is 25.1 Å². The van der Waals surface area contributed by atoms with Gasteiger partial charge >= 0.3 is 5.97 Å². The average molecular weight is 334 g/mol. The number of halogens is 1. The van der Waals surface area contributed by atoms with E-state index in [4.69, 9.17) is 20.8 Å². The molecule has 5 heteroatoms. The van der Waals surface area contributed by atoms with Crippen LogP contribution in [0.2, 0.25) is 5.02 Å². The third kappa shape index (κ3) is 3.08. The largest absolute Gasteiger partial charge is 0.464 e. The van der Waals surface area contributed by atoms with Gasteiger partial charge < -0.3 is 14.5 Å². The molecule has 2 unspecified atom stereocenters. The predicted octanol–water partition coefficient (Wildman–Crippen LogP) is 4.74. The molecule has 2 atom stereocenters. The monoisotopic (exact) mass is 333 g/mol. The number of allylic oxidation sites excluding steroid dienone is 1. The third-order valence-electron chi connectivity index (χ3n) is 4.18. The molecule has 3 rings (SSSR count). The van der Waals surface area contributed by atoms with E-state index in [-0.39, 0.29) is 17.8 Å². The lowest BCUT2D eigenvalue weighted by atomic mass is 9.87. The number of carbonyl (C=O) groups is 1. The molecule has 1 aliphatic rings. The van der Waals surface area contributed by atoms with Crippen molar-refractivity contribution in [2.45, 2.75) is 26.2 Å². The fraction of sp³-hybridized carbons (Fsp3) is 0.389. The Morgan fingerprint density at radius 3 is 3.13 bits per heavy atom. The quantitative estimate of drug-likeness (QED) is 0.648. The van der Waals surface area contributed by atoms with E-state index in [9.17, 15) is 4.79 Å². The predicted molar refractivity (Wildman–Crippen MR) is 92.0 cm³/mol. The Kier molecular flexibility index (Phi) is 4.62. The number of hydrogen-bond acceptors (Lipinski definition) is 4. The molecular formula is C18H20ClNO3. The summed E-state index contributed by atoms with van der Waals surface area (Å²) >= 11 is 6.32. The van der Waals surface area contributed by atoms with Gasteiger partial charge in [0.25, 0.3) is 0 Å². The first-order valence-electron chi connectivity index (χ1n) is 7.90. The lowest BCUT2D eigenvalue weighted by Crippen LogP contribution is -2.15. The molecule has 0 saturated carbocycles. The van der Waals surface area contributed by atoms with Crippen LogP contribution in [0.15, 0.2) is 35.0 Å². The Balaban J connectivity index is 1.97. The zero-order valence-electron chi connectivity index (χ0n) is 13.3. The Morgan fingerprint density at radius 1 is 1.52 bits per heavy atom. The third-order valence-corrected chi connectivity index (χ3v) is 4.49. The van der Waals surface area contributed by atoms with Gasteiger partial charge in [-0.3, -0.25) is 0 Å². The molecule has 2 heterocycles. The number of anilines is 1. The van der Waals surface area contributed by atoms with Crippen molar-refractivity contribution in [3.05, 3.63) is 41.1 Å². The van der Waals surface area contributed by atoms with Crippen LogP contribution in [0.1, 0.15) is 31.7 Å². The van der Waals surface area contributed by atoms with E-state index in [1.54, 1.807) is 6.26 Å². The number of benzene rings is 1. The highest BCUT2D eigenvalue weighted by Crippen LogP contribution is 2.42. The smallest absolute Gasteiger partial charge is 0.330 e. The highest BCUT2D eigenvalue weighted by atomic mass is 35.5. The summed E-state index contributed by atoms with van der Waals surface area (Å²) in [5, 5.41) is 5.08. The van der Waals surface area contributed by atoms with E-state index in [0.717, 1.165) is 35.2 Å². The lowest BCUT2D eigenvalue weighted by Gasteiger charge is -2.17. The molecule has 0 spiro atoms. The molecule has 23 heavy (non-hydrogen) atoms. The van der Waals surface area contributed by atoms with Gasteiger partial charge in [-0.1, -0.05) is 31.5 Å². The molecule has 122 valence electrons. The second-order valence-electron chi connectivity index (χ2n) is 5.90. The maximum absolute atomic E-state index is 11.7. The van der Waals surface area contributed by atoms with Crippen molar-refractivity contribution in [3.8, 4) is 0 Å². The molecule has 0 aliphatic carbocycles. The summed E-state index contributed by atoms with van der Waals surface area (Å²) < 4.78 is 10.8. The fourth-order valence-corrected chi connectivity index (χ4v) is 3.19. The van der Waals surface area contributed by atoms with Crippen LogP contribution in [-0.2, 0) is 9.53 Å². The van der Waals surface area contributed by atoms with Gasteiger partial charge in [0.15, 0.2) is 0 Å². The van der Waals surface area contributed by atoms with Crippen LogP contribution in [0, 0.1) is 5.92 Å². The normalized spacial score (nSPS) is 20.5. The van der Waals surface area contributed by atoms with Gasteiger partial charge in [-0.25, -0.2) is 4.79 Å². The summed E-state index contributed by atoms with van der Waals surface area (Å²) in [6.45, 7) is 5.32. The SMILES string of the molecule is CCCOC(=O)C=CC1c2coc3ccc(Cl)c(c23)NCC1C. The Bertz CT molecular complexity index is 750. The Labute approximate surface area is 140 Å². The van der Waals surface area contributed by atoms with E-state index in [1.165, 1.54) is 6.08 Å². The molecule has 1 aliphatic heterocycles. The summed E-state index contributed by atoms with van der Waals surface area (Å²) in [6, 6.07) is 3.71. The van der Waals surface area contributed by atoms with Crippen LogP contribution < -0.4 is 5.32 Å². The molecule has 1 aromatic carbocycles. The fourth-order valence-electron chi connectivity index (χ4n) is 2.97. The minimum Gasteiger partial charge on any atom is -0.464 e. The topological polar surface area (TPSA) is 51.5 Å². The molecule has 0 radical (unpaired) electrons. The zero-order chi connectivity index (χ0) is 16.4. The van der Waals surface area contributed by atoms with Gasteiger partial charge in [-0.15, -0.1) is 0 Å². The van der Waals surface area contributed by atoms with Gasteiger partial charge in [0.2, 0.25) is 0 Å². The molecular weight excluding hydrogens is 314 g/mol. The van der Waals surface area contributed by atoms with Crippen LogP contribution in [0.3, 0.4) is 0 Å². The first kappa shape index (κ1) is 15.9. The van der Waals surface area contributed by atoms with Crippen LogP contribution in [0.5, 0.6) is 0 Å². The summed E-state index contributed by atoms with van der Waals surface area (Å²) in [7, 11) is 0. The summed E-state index contributed by atoms with van der Waals surface area (Å²) in [5.74, 6) is 0.0504. The maximum atomic E-state index is 11.7. The second kappa shape index (κ2) is 6.67. The van der Waals surface area contributed by atoms with Crippen molar-refractivity contribution in [3.63, 3.8) is 0 Å². The van der Waals surface area contributed by atoms with Gasteiger partial charge in [-0.05, 0) is 24.5 Å². The zero-order valence-corrected chi connectivity index (χ0v) is 14.0. The first-order chi connectivity index (χ1) is 11.1. The molecule has 1 aromatic heterocycles. The van der Waals surface area contributed by atoms with E-state index < -0.39 is 0 Å². The molecule has 0 saturated heterocycles. The minimum atomic E-state index is -0.303. The van der Waals surface area contributed by atoms with E-state index in [2.05, 4.69) is 12.2 Å². The number of rotatable bonds is 4.